The second kappa shape index (κ2) is 6.55. The molecule has 1 fully saturated rings. The van der Waals surface area contributed by atoms with Gasteiger partial charge in [-0.2, -0.15) is 4.31 Å². The number of aromatic carboxylic acids is 1. The third-order valence-electron chi connectivity index (χ3n) is 3.46. The van der Waals surface area contributed by atoms with E-state index in [1.807, 2.05) is 6.92 Å². The van der Waals surface area contributed by atoms with Gasteiger partial charge in [-0.15, -0.1) is 0 Å². The molecule has 116 valence electrons. The van der Waals surface area contributed by atoms with Crippen molar-refractivity contribution in [3.8, 4) is 0 Å². The first-order valence-corrected chi connectivity index (χ1v) is 8.34. The molecule has 1 aromatic carbocycles. The Hall–Kier alpha value is -1.44. The average Bonchev–Trinajstić information content (AvgIpc) is 2.48. The first kappa shape index (κ1) is 15.9. The van der Waals surface area contributed by atoms with Gasteiger partial charge in [0.1, 0.15) is 0 Å². The molecular formula is C14H19NO5S. The maximum atomic E-state index is 12.6. The van der Waals surface area contributed by atoms with Gasteiger partial charge in [0.15, 0.2) is 0 Å². The predicted molar refractivity (Wildman–Crippen MR) is 76.8 cm³/mol. The Kier molecular flexibility index (Phi) is 4.97. The van der Waals surface area contributed by atoms with Gasteiger partial charge in [-0.3, -0.25) is 0 Å². The largest absolute Gasteiger partial charge is 0.478 e. The number of carbonyl (C=O) groups is 1. The van der Waals surface area contributed by atoms with Crippen LogP contribution in [0.5, 0.6) is 0 Å². The molecule has 0 spiro atoms. The molecule has 1 heterocycles. The monoisotopic (exact) mass is 313 g/mol. The molecule has 7 heteroatoms. The van der Waals surface area contributed by atoms with Gasteiger partial charge < -0.3 is 9.84 Å². The smallest absolute Gasteiger partial charge is 0.335 e. The van der Waals surface area contributed by atoms with Crippen LogP contribution in [0.4, 0.5) is 0 Å². The molecule has 21 heavy (non-hydrogen) atoms. The van der Waals surface area contributed by atoms with Crippen molar-refractivity contribution in [1.82, 2.24) is 4.31 Å². The average molecular weight is 313 g/mol. The summed E-state index contributed by atoms with van der Waals surface area (Å²) in [5.41, 5.74) is -0.0329. The van der Waals surface area contributed by atoms with E-state index >= 15 is 0 Å². The fraction of sp³-hybridized carbons (Fsp3) is 0.500. The van der Waals surface area contributed by atoms with Crippen LogP contribution in [0.15, 0.2) is 29.2 Å². The van der Waals surface area contributed by atoms with Crippen LogP contribution >= 0.6 is 0 Å². The van der Waals surface area contributed by atoms with Crippen LogP contribution in [0.2, 0.25) is 0 Å². The SMILES string of the molecule is CCOC1CCCN(S(=O)(=O)c2cccc(C(=O)O)c2)C1. The molecule has 1 atom stereocenters. The number of hydrogen-bond donors (Lipinski definition) is 1. The molecule has 1 aliphatic rings. The summed E-state index contributed by atoms with van der Waals surface area (Å²) in [6.45, 7) is 3.17. The van der Waals surface area contributed by atoms with Crippen molar-refractivity contribution >= 4 is 16.0 Å². The number of hydrogen-bond acceptors (Lipinski definition) is 4. The predicted octanol–water partition coefficient (Wildman–Crippen LogP) is 1.57. The summed E-state index contributed by atoms with van der Waals surface area (Å²) in [6, 6.07) is 5.44. The van der Waals surface area contributed by atoms with Crippen molar-refractivity contribution in [2.24, 2.45) is 0 Å². The number of piperidine rings is 1. The van der Waals surface area contributed by atoms with Crippen LogP contribution in [-0.2, 0) is 14.8 Å². The summed E-state index contributed by atoms with van der Waals surface area (Å²) in [5, 5.41) is 8.97. The number of rotatable bonds is 5. The molecule has 6 nitrogen and oxygen atoms in total. The van der Waals surface area contributed by atoms with Crippen LogP contribution in [0, 0.1) is 0 Å². The van der Waals surface area contributed by atoms with Crippen LogP contribution in [0.1, 0.15) is 30.1 Å². The van der Waals surface area contributed by atoms with Crippen molar-refractivity contribution in [2.75, 3.05) is 19.7 Å². The number of ether oxygens (including phenoxy) is 1. The molecule has 2 rings (SSSR count). The fourth-order valence-corrected chi connectivity index (χ4v) is 3.99. The summed E-state index contributed by atoms with van der Waals surface area (Å²) in [5.74, 6) is -1.14. The van der Waals surface area contributed by atoms with Gasteiger partial charge in [0.2, 0.25) is 10.0 Å². The molecule has 1 saturated heterocycles. The number of benzene rings is 1. The zero-order chi connectivity index (χ0) is 15.5. The first-order chi connectivity index (χ1) is 9.95. The molecule has 0 amide bonds. The number of carboxylic acids is 1. The van der Waals surface area contributed by atoms with E-state index in [0.29, 0.717) is 19.7 Å². The van der Waals surface area contributed by atoms with Crippen LogP contribution in [0.3, 0.4) is 0 Å². The van der Waals surface area contributed by atoms with Gasteiger partial charge in [-0.1, -0.05) is 6.07 Å². The quantitative estimate of drug-likeness (QED) is 0.892. The molecule has 0 saturated carbocycles. The molecule has 0 aromatic heterocycles. The van der Waals surface area contributed by atoms with E-state index in [1.54, 1.807) is 0 Å². The second-order valence-corrected chi connectivity index (χ2v) is 6.85. The Morgan fingerprint density at radius 3 is 2.90 bits per heavy atom. The fourth-order valence-electron chi connectivity index (χ4n) is 2.43. The van der Waals surface area contributed by atoms with Crippen molar-refractivity contribution in [1.29, 1.82) is 0 Å². The van der Waals surface area contributed by atoms with E-state index in [-0.39, 0.29) is 16.6 Å². The number of nitrogens with zero attached hydrogens (tertiary/aromatic N) is 1. The Morgan fingerprint density at radius 2 is 2.24 bits per heavy atom. The molecule has 0 aliphatic carbocycles. The topological polar surface area (TPSA) is 83.9 Å². The molecule has 1 aliphatic heterocycles. The number of sulfonamides is 1. The Labute approximate surface area is 124 Å². The summed E-state index contributed by atoms with van der Waals surface area (Å²) >= 11 is 0. The Morgan fingerprint density at radius 1 is 1.48 bits per heavy atom. The number of carboxylic acid groups (broad SMARTS) is 1. The molecule has 0 bridgehead atoms. The summed E-state index contributed by atoms with van der Waals surface area (Å²) in [4.78, 5) is 11.0. The van der Waals surface area contributed by atoms with Gasteiger partial charge in [0, 0.05) is 19.7 Å². The van der Waals surface area contributed by atoms with E-state index in [2.05, 4.69) is 0 Å². The van der Waals surface area contributed by atoms with Gasteiger partial charge in [-0.25, -0.2) is 13.2 Å². The maximum Gasteiger partial charge on any atom is 0.335 e. The van der Waals surface area contributed by atoms with Gasteiger partial charge in [-0.05, 0) is 38.0 Å². The Bertz CT molecular complexity index is 612. The zero-order valence-electron chi connectivity index (χ0n) is 11.9. The lowest BCUT2D eigenvalue weighted by Crippen LogP contribution is -2.43. The van der Waals surface area contributed by atoms with Crippen molar-refractivity contribution in [3.05, 3.63) is 29.8 Å². The standard InChI is InChI=1S/C14H19NO5S/c1-2-20-12-6-4-8-15(10-12)21(18,19)13-7-3-5-11(9-13)14(16)17/h3,5,7,9,12H,2,4,6,8,10H2,1H3,(H,16,17). The zero-order valence-corrected chi connectivity index (χ0v) is 12.7. The normalized spacial score (nSPS) is 20.3. The van der Waals surface area contributed by atoms with E-state index in [0.717, 1.165) is 12.8 Å². The van der Waals surface area contributed by atoms with Crippen molar-refractivity contribution in [2.45, 2.75) is 30.8 Å². The molecular weight excluding hydrogens is 294 g/mol. The molecule has 1 N–H and O–H groups in total. The van der Waals surface area contributed by atoms with Gasteiger partial charge in [0.25, 0.3) is 0 Å². The van der Waals surface area contributed by atoms with Gasteiger partial charge in [0.05, 0.1) is 16.6 Å². The van der Waals surface area contributed by atoms with Crippen LogP contribution < -0.4 is 0 Å². The highest BCUT2D eigenvalue weighted by Crippen LogP contribution is 2.22. The highest BCUT2D eigenvalue weighted by atomic mass is 32.2. The molecule has 1 unspecified atom stereocenters. The second-order valence-electron chi connectivity index (χ2n) is 4.92. The van der Waals surface area contributed by atoms with Gasteiger partial charge >= 0.3 is 5.97 Å². The molecule has 1 aromatic rings. The highest BCUT2D eigenvalue weighted by molar-refractivity contribution is 7.89. The lowest BCUT2D eigenvalue weighted by Gasteiger charge is -2.31. The summed E-state index contributed by atoms with van der Waals surface area (Å²) < 4.78 is 32.1. The Balaban J connectivity index is 2.25. The van der Waals surface area contributed by atoms with E-state index in [1.165, 1.54) is 28.6 Å². The van der Waals surface area contributed by atoms with Crippen molar-refractivity contribution < 1.29 is 23.1 Å². The minimum absolute atomic E-state index is 0.0135. The van der Waals surface area contributed by atoms with Crippen LogP contribution in [-0.4, -0.2) is 49.6 Å². The lowest BCUT2D eigenvalue weighted by molar-refractivity contribution is 0.0265. The maximum absolute atomic E-state index is 12.6. The minimum atomic E-state index is -3.68. The van der Waals surface area contributed by atoms with E-state index in [4.69, 9.17) is 9.84 Å². The van der Waals surface area contributed by atoms with E-state index in [9.17, 15) is 13.2 Å². The molecule has 0 radical (unpaired) electrons. The van der Waals surface area contributed by atoms with Crippen LogP contribution in [0.25, 0.3) is 0 Å². The first-order valence-electron chi connectivity index (χ1n) is 6.90. The summed E-state index contributed by atoms with van der Waals surface area (Å²) in [7, 11) is -3.68. The summed E-state index contributed by atoms with van der Waals surface area (Å²) in [6.07, 6.45) is 1.48. The third kappa shape index (κ3) is 3.61. The van der Waals surface area contributed by atoms with E-state index < -0.39 is 16.0 Å². The lowest BCUT2D eigenvalue weighted by atomic mass is 10.1. The minimum Gasteiger partial charge on any atom is -0.478 e. The third-order valence-corrected chi connectivity index (χ3v) is 5.32. The highest BCUT2D eigenvalue weighted by Gasteiger charge is 2.30. The van der Waals surface area contributed by atoms with Crippen molar-refractivity contribution in [3.63, 3.8) is 0 Å².